The molecule has 2 N–H and O–H groups in total. The van der Waals surface area contributed by atoms with Gasteiger partial charge in [-0.25, -0.2) is 9.97 Å². The Balaban J connectivity index is 1.72. The largest absolute Gasteiger partial charge is 0.425 e. The SMILES string of the molecule is Cn1ccnc1C(O)(CC(=O)Nc1ccc(N2CCCC2)nc1)C(F)(F)F. The molecule has 0 radical (unpaired) electrons. The monoisotopic (exact) mass is 383 g/mol. The Labute approximate surface area is 153 Å². The lowest BCUT2D eigenvalue weighted by molar-refractivity contribution is -0.270. The minimum Gasteiger partial charge on any atom is -0.374 e. The van der Waals surface area contributed by atoms with Gasteiger partial charge in [0, 0.05) is 32.5 Å². The Morgan fingerprint density at radius 3 is 2.48 bits per heavy atom. The van der Waals surface area contributed by atoms with Crippen LogP contribution in [0.15, 0.2) is 30.7 Å². The van der Waals surface area contributed by atoms with E-state index in [4.69, 9.17) is 0 Å². The van der Waals surface area contributed by atoms with Crippen LogP contribution in [0.4, 0.5) is 24.7 Å². The van der Waals surface area contributed by atoms with Crippen LogP contribution in [0.3, 0.4) is 0 Å². The zero-order valence-electron chi connectivity index (χ0n) is 14.7. The van der Waals surface area contributed by atoms with E-state index in [1.165, 1.54) is 19.4 Å². The number of hydrogen-bond donors (Lipinski definition) is 2. The summed E-state index contributed by atoms with van der Waals surface area (Å²) in [5.74, 6) is -0.883. The van der Waals surface area contributed by atoms with Crippen molar-refractivity contribution in [2.24, 2.45) is 7.05 Å². The number of anilines is 2. The summed E-state index contributed by atoms with van der Waals surface area (Å²) in [6.07, 6.45) is -0.321. The molecule has 2 aromatic heterocycles. The average molecular weight is 383 g/mol. The number of amides is 1. The summed E-state index contributed by atoms with van der Waals surface area (Å²) in [5, 5.41) is 12.6. The number of aliphatic hydroxyl groups is 1. The number of carbonyl (C=O) groups is 1. The Bertz CT molecular complexity index is 800. The van der Waals surface area contributed by atoms with E-state index in [2.05, 4.69) is 20.2 Å². The molecule has 1 saturated heterocycles. The van der Waals surface area contributed by atoms with Crippen LogP contribution < -0.4 is 10.2 Å². The van der Waals surface area contributed by atoms with Crippen LogP contribution in [0.25, 0.3) is 0 Å². The lowest BCUT2D eigenvalue weighted by Crippen LogP contribution is -2.46. The summed E-state index contributed by atoms with van der Waals surface area (Å²) in [6.45, 7) is 1.81. The quantitative estimate of drug-likeness (QED) is 0.827. The Hall–Kier alpha value is -2.62. The highest BCUT2D eigenvalue weighted by Crippen LogP contribution is 2.40. The molecule has 1 unspecified atom stereocenters. The fourth-order valence-corrected chi connectivity index (χ4v) is 3.10. The van der Waals surface area contributed by atoms with Crippen LogP contribution in [0.1, 0.15) is 25.1 Å². The first-order valence-electron chi connectivity index (χ1n) is 8.48. The molecule has 27 heavy (non-hydrogen) atoms. The molecule has 7 nitrogen and oxygen atoms in total. The lowest BCUT2D eigenvalue weighted by Gasteiger charge is -2.29. The van der Waals surface area contributed by atoms with Crippen molar-refractivity contribution in [2.45, 2.75) is 31.0 Å². The highest BCUT2D eigenvalue weighted by Gasteiger charge is 2.58. The fourth-order valence-electron chi connectivity index (χ4n) is 3.10. The van der Waals surface area contributed by atoms with Crippen LogP contribution in [0.5, 0.6) is 0 Å². The molecule has 1 atom stereocenters. The first kappa shape index (κ1) is 19.2. The van der Waals surface area contributed by atoms with Crippen molar-refractivity contribution in [3.05, 3.63) is 36.5 Å². The lowest BCUT2D eigenvalue weighted by atomic mass is 9.97. The summed E-state index contributed by atoms with van der Waals surface area (Å²) < 4.78 is 41.4. The number of nitrogens with zero attached hydrogens (tertiary/aromatic N) is 4. The number of nitrogens with one attached hydrogen (secondary N) is 1. The highest BCUT2D eigenvalue weighted by atomic mass is 19.4. The van der Waals surface area contributed by atoms with E-state index in [0.717, 1.165) is 42.5 Å². The molecule has 0 aliphatic carbocycles. The van der Waals surface area contributed by atoms with Gasteiger partial charge in [0.25, 0.3) is 0 Å². The maximum Gasteiger partial charge on any atom is 0.425 e. The van der Waals surface area contributed by atoms with Crippen molar-refractivity contribution in [3.63, 3.8) is 0 Å². The van der Waals surface area contributed by atoms with Gasteiger partial charge >= 0.3 is 6.18 Å². The topological polar surface area (TPSA) is 83.3 Å². The zero-order valence-corrected chi connectivity index (χ0v) is 14.7. The summed E-state index contributed by atoms with van der Waals surface area (Å²) in [4.78, 5) is 22.1. The summed E-state index contributed by atoms with van der Waals surface area (Å²) >= 11 is 0. The molecule has 0 aromatic carbocycles. The number of aromatic nitrogens is 3. The van der Waals surface area contributed by atoms with E-state index in [-0.39, 0.29) is 5.69 Å². The number of alkyl halides is 3. The summed E-state index contributed by atoms with van der Waals surface area (Å²) in [5.41, 5.74) is -3.13. The van der Waals surface area contributed by atoms with Crippen LogP contribution in [-0.2, 0) is 17.4 Å². The number of halogens is 3. The van der Waals surface area contributed by atoms with Gasteiger partial charge in [-0.15, -0.1) is 0 Å². The van der Waals surface area contributed by atoms with Crippen molar-refractivity contribution in [1.29, 1.82) is 0 Å². The van der Waals surface area contributed by atoms with Crippen molar-refractivity contribution in [3.8, 4) is 0 Å². The van der Waals surface area contributed by atoms with Gasteiger partial charge in [0.05, 0.1) is 18.3 Å². The van der Waals surface area contributed by atoms with E-state index in [1.807, 2.05) is 0 Å². The van der Waals surface area contributed by atoms with E-state index >= 15 is 0 Å². The third kappa shape index (κ3) is 3.90. The summed E-state index contributed by atoms with van der Waals surface area (Å²) in [7, 11) is 1.32. The molecule has 1 fully saturated rings. The molecule has 0 spiro atoms. The van der Waals surface area contributed by atoms with E-state index in [1.54, 1.807) is 12.1 Å². The third-order valence-corrected chi connectivity index (χ3v) is 4.54. The van der Waals surface area contributed by atoms with Crippen molar-refractivity contribution < 1.29 is 23.1 Å². The standard InChI is InChI=1S/C17H20F3N5O2/c1-24-9-6-21-15(24)16(27,17(18,19)20)10-14(26)23-12-4-5-13(22-11-12)25-7-2-3-8-25/h4-6,9,11,27H,2-3,7-8,10H2,1H3,(H,23,26). The molecular weight excluding hydrogens is 363 g/mol. The molecule has 146 valence electrons. The second-order valence-electron chi connectivity index (χ2n) is 6.54. The van der Waals surface area contributed by atoms with Gasteiger partial charge < -0.3 is 19.9 Å². The van der Waals surface area contributed by atoms with Crippen molar-refractivity contribution >= 4 is 17.4 Å². The summed E-state index contributed by atoms with van der Waals surface area (Å²) in [6, 6.07) is 3.28. The maximum atomic E-state index is 13.5. The number of pyridine rings is 1. The molecular formula is C17H20F3N5O2. The first-order valence-corrected chi connectivity index (χ1v) is 8.48. The predicted molar refractivity (Wildman–Crippen MR) is 92.1 cm³/mol. The molecule has 3 rings (SSSR count). The van der Waals surface area contributed by atoms with E-state index in [9.17, 15) is 23.1 Å². The van der Waals surface area contributed by atoms with Gasteiger partial charge in [0.15, 0.2) is 5.82 Å². The number of hydrogen-bond acceptors (Lipinski definition) is 5. The Morgan fingerprint density at radius 2 is 1.96 bits per heavy atom. The Morgan fingerprint density at radius 1 is 1.26 bits per heavy atom. The van der Waals surface area contributed by atoms with Crippen molar-refractivity contribution in [1.82, 2.24) is 14.5 Å². The fraction of sp³-hybridized carbons (Fsp3) is 0.471. The van der Waals surface area contributed by atoms with Gasteiger partial charge in [0.2, 0.25) is 11.5 Å². The molecule has 1 amide bonds. The molecule has 0 bridgehead atoms. The number of carbonyl (C=O) groups excluding carboxylic acids is 1. The molecule has 1 aliphatic rings. The number of rotatable bonds is 5. The maximum absolute atomic E-state index is 13.5. The second kappa shape index (κ2) is 7.18. The molecule has 1 aliphatic heterocycles. The van der Waals surface area contributed by atoms with Gasteiger partial charge in [-0.3, -0.25) is 4.79 Å². The van der Waals surface area contributed by atoms with Crippen LogP contribution in [-0.4, -0.2) is 44.8 Å². The number of imidazole rings is 1. The minimum absolute atomic E-state index is 0.257. The van der Waals surface area contributed by atoms with E-state index in [0.29, 0.717) is 0 Å². The first-order chi connectivity index (χ1) is 12.7. The number of aryl methyl sites for hydroxylation is 1. The predicted octanol–water partition coefficient (Wildman–Crippen LogP) is 2.19. The Kier molecular flexibility index (Phi) is 5.09. The highest BCUT2D eigenvalue weighted by molar-refractivity contribution is 5.91. The smallest absolute Gasteiger partial charge is 0.374 e. The van der Waals surface area contributed by atoms with Crippen LogP contribution in [0.2, 0.25) is 0 Å². The van der Waals surface area contributed by atoms with Gasteiger partial charge in [-0.2, -0.15) is 13.2 Å². The molecule has 10 heteroatoms. The van der Waals surface area contributed by atoms with Gasteiger partial charge in [-0.1, -0.05) is 0 Å². The average Bonchev–Trinajstić information content (AvgIpc) is 3.26. The van der Waals surface area contributed by atoms with Crippen LogP contribution in [0, 0.1) is 0 Å². The van der Waals surface area contributed by atoms with Gasteiger partial charge in [0.1, 0.15) is 5.82 Å². The van der Waals surface area contributed by atoms with Gasteiger partial charge in [-0.05, 0) is 25.0 Å². The normalized spacial score (nSPS) is 17.0. The third-order valence-electron chi connectivity index (χ3n) is 4.54. The van der Waals surface area contributed by atoms with Crippen LogP contribution >= 0.6 is 0 Å². The van der Waals surface area contributed by atoms with E-state index < -0.39 is 29.9 Å². The van der Waals surface area contributed by atoms with Crippen molar-refractivity contribution in [2.75, 3.05) is 23.3 Å². The molecule has 3 heterocycles. The minimum atomic E-state index is -5.07. The molecule has 0 saturated carbocycles. The zero-order chi connectivity index (χ0) is 19.7. The molecule has 2 aromatic rings. The second-order valence-corrected chi connectivity index (χ2v) is 6.54.